The number of aryl methyl sites for hydroxylation is 1. The average molecular weight is 427 g/mol. The Labute approximate surface area is 160 Å². The summed E-state index contributed by atoms with van der Waals surface area (Å²) in [5, 5.41) is 0. The van der Waals surface area contributed by atoms with E-state index in [1.54, 1.807) is 12.1 Å². The van der Waals surface area contributed by atoms with Gasteiger partial charge in [-0.1, -0.05) is 12.1 Å². The van der Waals surface area contributed by atoms with Crippen LogP contribution in [0.3, 0.4) is 0 Å². The molecular formula is C16H15F6N3O2S. The number of halogens is 6. The van der Waals surface area contributed by atoms with Crippen LogP contribution in [-0.4, -0.2) is 35.5 Å². The van der Waals surface area contributed by atoms with Crippen molar-refractivity contribution < 1.29 is 35.8 Å². The minimum Gasteiger partial charge on any atom is -0.467 e. The van der Waals surface area contributed by atoms with Crippen LogP contribution in [0.4, 0.5) is 32.0 Å². The molecule has 0 radical (unpaired) electrons. The van der Waals surface area contributed by atoms with Crippen LogP contribution in [0.2, 0.25) is 0 Å². The quantitative estimate of drug-likeness (QED) is 0.491. The van der Waals surface area contributed by atoms with Crippen LogP contribution < -0.4 is 14.2 Å². The molecular weight excluding hydrogens is 412 g/mol. The first-order valence-electron chi connectivity index (χ1n) is 7.69. The highest BCUT2D eigenvalue weighted by Crippen LogP contribution is 2.37. The summed E-state index contributed by atoms with van der Waals surface area (Å²) in [7, 11) is 0. The van der Waals surface area contributed by atoms with E-state index >= 15 is 0 Å². The second kappa shape index (κ2) is 8.76. The molecule has 0 fully saturated rings. The van der Waals surface area contributed by atoms with E-state index in [0.29, 0.717) is 17.6 Å². The van der Waals surface area contributed by atoms with Gasteiger partial charge < -0.3 is 14.2 Å². The van der Waals surface area contributed by atoms with Gasteiger partial charge in [-0.2, -0.15) is 26.3 Å². The van der Waals surface area contributed by atoms with E-state index in [1.807, 2.05) is 19.9 Å². The van der Waals surface area contributed by atoms with Crippen molar-refractivity contribution in [1.82, 2.24) is 9.97 Å². The first kappa shape index (κ1) is 21.9. The number of rotatable bonds is 7. The van der Waals surface area contributed by atoms with Gasteiger partial charge in [0, 0.05) is 5.69 Å². The van der Waals surface area contributed by atoms with E-state index in [0.717, 1.165) is 17.5 Å². The summed E-state index contributed by atoms with van der Waals surface area (Å²) in [5.74, 6) is -1.10. The first-order chi connectivity index (χ1) is 13.0. The van der Waals surface area contributed by atoms with Crippen LogP contribution in [0.5, 0.6) is 11.8 Å². The lowest BCUT2D eigenvalue weighted by atomic mass is 10.1. The highest BCUT2D eigenvalue weighted by Gasteiger charge is 2.32. The predicted octanol–water partition coefficient (Wildman–Crippen LogP) is 5.09. The van der Waals surface area contributed by atoms with E-state index in [9.17, 15) is 26.3 Å². The summed E-state index contributed by atoms with van der Waals surface area (Å²) in [6.45, 7) is 0.327. The lowest BCUT2D eigenvalue weighted by Crippen LogP contribution is -2.21. The van der Waals surface area contributed by atoms with Crippen molar-refractivity contribution in [3.63, 3.8) is 0 Å². The molecule has 1 aromatic carbocycles. The fourth-order valence-corrected chi connectivity index (χ4v) is 2.73. The minimum absolute atomic E-state index is 0.239. The molecule has 1 aromatic heterocycles. The summed E-state index contributed by atoms with van der Waals surface area (Å²) >= 11 is 0.691. The van der Waals surface area contributed by atoms with Crippen molar-refractivity contribution in [2.24, 2.45) is 0 Å². The van der Waals surface area contributed by atoms with Gasteiger partial charge in [-0.05, 0) is 43.0 Å². The van der Waals surface area contributed by atoms with Crippen molar-refractivity contribution in [2.45, 2.75) is 31.1 Å². The number of ether oxygens (including phenoxy) is 2. The second-order valence-corrected chi connectivity index (χ2v) is 6.39. The van der Waals surface area contributed by atoms with E-state index in [1.165, 1.54) is 0 Å². The van der Waals surface area contributed by atoms with E-state index in [2.05, 4.69) is 24.2 Å². The molecule has 2 aromatic rings. The minimum atomic E-state index is -4.65. The Hall–Kier alpha value is -2.37. The molecule has 0 bridgehead atoms. The summed E-state index contributed by atoms with van der Waals surface area (Å²) in [5.41, 5.74) is 2.40. The summed E-state index contributed by atoms with van der Waals surface area (Å²) in [4.78, 5) is 6.93. The maximum absolute atomic E-state index is 12.5. The highest BCUT2D eigenvalue weighted by molar-refractivity contribution is 8.00. The van der Waals surface area contributed by atoms with Crippen LogP contribution in [-0.2, 0) is 0 Å². The predicted molar refractivity (Wildman–Crippen MR) is 90.5 cm³/mol. The average Bonchev–Trinajstić information content (AvgIpc) is 2.58. The zero-order chi connectivity index (χ0) is 20.9. The van der Waals surface area contributed by atoms with Crippen molar-refractivity contribution in [2.75, 3.05) is 17.9 Å². The van der Waals surface area contributed by atoms with Crippen LogP contribution in [0.1, 0.15) is 11.1 Å². The number of anilines is 1. The molecule has 28 heavy (non-hydrogen) atoms. The molecule has 0 aliphatic heterocycles. The lowest BCUT2D eigenvalue weighted by molar-refractivity contribution is -0.155. The first-order valence-corrected chi connectivity index (χ1v) is 8.51. The summed E-state index contributed by atoms with van der Waals surface area (Å²) < 4.78 is 86.8. The molecule has 12 heteroatoms. The Kier molecular flexibility index (Phi) is 6.86. The molecule has 1 heterocycles. The van der Waals surface area contributed by atoms with Gasteiger partial charge in [0.25, 0.3) is 0 Å². The molecule has 0 unspecified atom stereocenters. The summed E-state index contributed by atoms with van der Waals surface area (Å²) in [6.07, 6.45) is -8.54. The number of hydrogen-bond acceptors (Lipinski definition) is 6. The van der Waals surface area contributed by atoms with Crippen molar-refractivity contribution >= 4 is 17.6 Å². The van der Waals surface area contributed by atoms with E-state index < -0.39 is 37.3 Å². The van der Waals surface area contributed by atoms with Crippen molar-refractivity contribution in [3.05, 3.63) is 35.7 Å². The van der Waals surface area contributed by atoms with Crippen molar-refractivity contribution in [1.29, 1.82) is 0 Å². The third kappa shape index (κ3) is 6.66. The largest absolute Gasteiger partial charge is 0.467 e. The maximum Gasteiger partial charge on any atom is 0.422 e. The third-order valence-corrected chi connectivity index (χ3v) is 4.23. The maximum atomic E-state index is 12.5. The monoisotopic (exact) mass is 427 g/mol. The smallest absolute Gasteiger partial charge is 0.422 e. The lowest BCUT2D eigenvalue weighted by Gasteiger charge is -2.16. The number of nitrogens with zero attached hydrogens (tertiary/aromatic N) is 2. The Morgan fingerprint density at radius 2 is 1.46 bits per heavy atom. The zero-order valence-corrected chi connectivity index (χ0v) is 15.4. The standard InChI is InChI=1S/C16H15F6N3O2S/c1-9-4-3-5-11(10(9)2)25-28-12-13(26-6-15(17,18)19)23-8-24-14(12)27-7-16(20,21)22/h3-5,8,25H,6-7H2,1-2H3. The Bertz CT molecular complexity index is 778. The zero-order valence-electron chi connectivity index (χ0n) is 14.6. The molecule has 0 saturated heterocycles. The van der Waals surface area contributed by atoms with Crippen molar-refractivity contribution in [3.8, 4) is 11.8 Å². The number of hydrogen-bond donors (Lipinski definition) is 1. The molecule has 0 aliphatic carbocycles. The molecule has 0 amide bonds. The molecule has 0 aliphatic rings. The Balaban J connectivity index is 2.28. The normalized spacial score (nSPS) is 12.0. The fraction of sp³-hybridized carbons (Fsp3) is 0.375. The van der Waals surface area contributed by atoms with Gasteiger partial charge >= 0.3 is 12.4 Å². The van der Waals surface area contributed by atoms with Gasteiger partial charge in [0.2, 0.25) is 11.8 Å². The topological polar surface area (TPSA) is 56.3 Å². The molecule has 154 valence electrons. The second-order valence-electron chi connectivity index (χ2n) is 5.57. The third-order valence-electron chi connectivity index (χ3n) is 3.35. The van der Waals surface area contributed by atoms with Crippen LogP contribution in [0.25, 0.3) is 0 Å². The van der Waals surface area contributed by atoms with Gasteiger partial charge in [-0.15, -0.1) is 0 Å². The molecule has 5 nitrogen and oxygen atoms in total. The van der Waals surface area contributed by atoms with Gasteiger partial charge in [-0.25, -0.2) is 9.97 Å². The highest BCUT2D eigenvalue weighted by atomic mass is 32.2. The van der Waals surface area contributed by atoms with E-state index in [4.69, 9.17) is 0 Å². The number of benzene rings is 1. The number of aromatic nitrogens is 2. The van der Waals surface area contributed by atoms with Gasteiger partial charge in [0.15, 0.2) is 18.1 Å². The molecule has 0 spiro atoms. The number of nitrogens with one attached hydrogen (secondary N) is 1. The number of alkyl halides is 6. The van der Waals surface area contributed by atoms with Gasteiger partial charge in [0.05, 0.1) is 0 Å². The summed E-state index contributed by atoms with van der Waals surface area (Å²) in [6, 6.07) is 5.30. The van der Waals surface area contributed by atoms with E-state index in [-0.39, 0.29) is 4.90 Å². The van der Waals surface area contributed by atoms with Crippen LogP contribution in [0, 0.1) is 13.8 Å². The van der Waals surface area contributed by atoms with Gasteiger partial charge in [0.1, 0.15) is 6.33 Å². The molecule has 2 rings (SSSR count). The van der Waals surface area contributed by atoms with Crippen LogP contribution >= 0.6 is 11.9 Å². The SMILES string of the molecule is Cc1cccc(NSc2c(OCC(F)(F)F)ncnc2OCC(F)(F)F)c1C. The van der Waals surface area contributed by atoms with Crippen LogP contribution in [0.15, 0.2) is 29.4 Å². The Morgan fingerprint density at radius 3 is 1.96 bits per heavy atom. The molecule has 1 N–H and O–H groups in total. The molecule has 0 saturated carbocycles. The fourth-order valence-electron chi connectivity index (χ4n) is 1.90. The Morgan fingerprint density at radius 1 is 0.929 bits per heavy atom. The van der Waals surface area contributed by atoms with Gasteiger partial charge in [-0.3, -0.25) is 0 Å². The molecule has 0 atom stereocenters.